The summed E-state index contributed by atoms with van der Waals surface area (Å²) in [5.41, 5.74) is 1.57. The number of aromatic nitrogens is 1. The normalized spacial score (nSPS) is 16.4. The second-order valence-electron chi connectivity index (χ2n) is 7.40. The molecule has 2 heterocycles. The van der Waals surface area contributed by atoms with Crippen LogP contribution in [0.3, 0.4) is 0 Å². The third kappa shape index (κ3) is 4.66. The Kier molecular flexibility index (Phi) is 7.12. The minimum atomic E-state index is -0.292. The lowest BCUT2D eigenvalue weighted by atomic mass is 10.1. The van der Waals surface area contributed by atoms with E-state index >= 15 is 0 Å². The number of hydrogen-bond donors (Lipinski definition) is 2. The zero-order valence-corrected chi connectivity index (χ0v) is 17.7. The Morgan fingerprint density at radius 3 is 2.70 bits per heavy atom. The van der Waals surface area contributed by atoms with E-state index in [1.54, 1.807) is 42.9 Å². The van der Waals surface area contributed by atoms with Gasteiger partial charge in [0.25, 0.3) is 11.5 Å². The van der Waals surface area contributed by atoms with Crippen molar-refractivity contribution in [3.63, 3.8) is 0 Å². The zero-order valence-electron chi connectivity index (χ0n) is 17.7. The molecular formula is C22H29N3O5. The summed E-state index contributed by atoms with van der Waals surface area (Å²) in [4.78, 5) is 27.8. The number of carbonyl (C=O) groups is 1. The van der Waals surface area contributed by atoms with Crippen molar-refractivity contribution >= 4 is 5.91 Å². The fraction of sp³-hybridized carbons (Fsp3) is 0.455. The number of pyridine rings is 1. The number of aliphatic hydroxyl groups is 1. The van der Waals surface area contributed by atoms with Gasteiger partial charge in [-0.1, -0.05) is 6.07 Å². The lowest BCUT2D eigenvalue weighted by molar-refractivity contribution is 0.0668. The van der Waals surface area contributed by atoms with Crippen molar-refractivity contribution in [2.75, 3.05) is 40.5 Å². The average Bonchev–Trinajstić information content (AvgIpc) is 2.78. The fourth-order valence-corrected chi connectivity index (χ4v) is 3.68. The molecule has 2 aromatic rings. The Morgan fingerprint density at radius 1 is 1.23 bits per heavy atom. The Hall–Kier alpha value is -2.84. The number of amides is 1. The first-order chi connectivity index (χ1) is 14.5. The van der Waals surface area contributed by atoms with Gasteiger partial charge in [0.05, 0.1) is 20.8 Å². The molecule has 0 aliphatic carbocycles. The summed E-state index contributed by atoms with van der Waals surface area (Å²) in [5, 5.41) is 12.5. The molecule has 0 saturated carbocycles. The molecule has 3 rings (SSSR count). The van der Waals surface area contributed by atoms with Gasteiger partial charge in [0.2, 0.25) is 0 Å². The van der Waals surface area contributed by atoms with Crippen molar-refractivity contribution in [3.05, 3.63) is 57.5 Å². The number of rotatable bonds is 7. The monoisotopic (exact) mass is 415 g/mol. The summed E-state index contributed by atoms with van der Waals surface area (Å²) in [6, 6.07) is 7.29. The minimum Gasteiger partial charge on any atom is -0.493 e. The van der Waals surface area contributed by atoms with E-state index in [0.717, 1.165) is 5.56 Å². The third-order valence-electron chi connectivity index (χ3n) is 5.44. The van der Waals surface area contributed by atoms with Crippen LogP contribution in [-0.2, 0) is 13.0 Å². The predicted octanol–water partition coefficient (Wildman–Crippen LogP) is 0.823. The van der Waals surface area contributed by atoms with E-state index in [4.69, 9.17) is 9.47 Å². The van der Waals surface area contributed by atoms with Gasteiger partial charge in [0.15, 0.2) is 11.5 Å². The van der Waals surface area contributed by atoms with Crippen molar-refractivity contribution in [1.82, 2.24) is 14.8 Å². The first kappa shape index (κ1) is 21.9. The maximum atomic E-state index is 13.1. The lowest BCUT2D eigenvalue weighted by Gasteiger charge is -2.33. The number of aliphatic hydroxyl groups excluding tert-OH is 1. The van der Waals surface area contributed by atoms with Gasteiger partial charge in [-0.05, 0) is 42.7 Å². The molecule has 1 aliphatic heterocycles. The molecular weight excluding hydrogens is 386 g/mol. The Morgan fingerprint density at radius 2 is 2.00 bits per heavy atom. The molecule has 1 aromatic heterocycles. The van der Waals surface area contributed by atoms with E-state index < -0.39 is 0 Å². The van der Waals surface area contributed by atoms with E-state index in [-0.39, 0.29) is 29.7 Å². The van der Waals surface area contributed by atoms with Crippen LogP contribution in [0.25, 0.3) is 0 Å². The zero-order chi connectivity index (χ0) is 21.7. The summed E-state index contributed by atoms with van der Waals surface area (Å²) < 4.78 is 12.2. The highest BCUT2D eigenvalue weighted by molar-refractivity contribution is 5.95. The topological polar surface area (TPSA) is 93.0 Å². The number of methoxy groups -OCH3 is 2. The molecule has 1 aromatic carbocycles. The third-order valence-corrected chi connectivity index (χ3v) is 5.44. The maximum absolute atomic E-state index is 13.1. The van der Waals surface area contributed by atoms with Crippen molar-refractivity contribution in [2.45, 2.75) is 25.9 Å². The van der Waals surface area contributed by atoms with Crippen molar-refractivity contribution in [2.24, 2.45) is 0 Å². The number of aryl methyl sites for hydroxylation is 3. The first-order valence-electron chi connectivity index (χ1n) is 10.0. The maximum Gasteiger partial charge on any atom is 0.263 e. The Bertz CT molecular complexity index is 956. The number of piperazine rings is 1. The quantitative estimate of drug-likeness (QED) is 0.696. The minimum absolute atomic E-state index is 0.0485. The van der Waals surface area contributed by atoms with Crippen LogP contribution in [0.15, 0.2) is 35.3 Å². The second-order valence-corrected chi connectivity index (χ2v) is 7.40. The van der Waals surface area contributed by atoms with Crippen LogP contribution in [0.2, 0.25) is 0 Å². The first-order valence-corrected chi connectivity index (χ1v) is 10.0. The molecule has 8 heteroatoms. The number of hydrogen-bond acceptors (Lipinski definition) is 6. The van der Waals surface area contributed by atoms with Gasteiger partial charge < -0.3 is 29.4 Å². The standard InChI is InChI=1S/C22H29N3O5/c1-15-6-9-24(10-7-16-4-5-18(29-2)19(12-16)30-3)21(27)20(15)22(28)25-11-8-23-17(13-25)14-26/h4-6,9,12,17,23,26H,7-8,10-11,13-14H2,1-3H3. The number of ether oxygens (including phenoxy) is 2. The predicted molar refractivity (Wildman–Crippen MR) is 113 cm³/mol. The number of carbonyl (C=O) groups excluding carboxylic acids is 1. The van der Waals surface area contributed by atoms with Crippen LogP contribution < -0.4 is 20.3 Å². The van der Waals surface area contributed by atoms with Crippen LogP contribution in [-0.4, -0.2) is 67.0 Å². The van der Waals surface area contributed by atoms with Crippen LogP contribution in [0.4, 0.5) is 0 Å². The number of nitrogens with zero attached hydrogens (tertiary/aromatic N) is 2. The molecule has 8 nitrogen and oxygen atoms in total. The average molecular weight is 415 g/mol. The summed E-state index contributed by atoms with van der Waals surface area (Å²) in [7, 11) is 3.17. The van der Waals surface area contributed by atoms with Gasteiger partial charge in [-0.3, -0.25) is 9.59 Å². The van der Waals surface area contributed by atoms with E-state index in [1.807, 2.05) is 18.2 Å². The van der Waals surface area contributed by atoms with Gasteiger partial charge in [0.1, 0.15) is 5.56 Å². The van der Waals surface area contributed by atoms with Gasteiger partial charge in [-0.2, -0.15) is 0 Å². The highest BCUT2D eigenvalue weighted by Crippen LogP contribution is 2.27. The number of nitrogens with one attached hydrogen (secondary N) is 1. The fourth-order valence-electron chi connectivity index (χ4n) is 3.68. The summed E-state index contributed by atoms with van der Waals surface area (Å²) in [5.74, 6) is 1.01. The largest absolute Gasteiger partial charge is 0.493 e. The molecule has 0 spiro atoms. The Labute approximate surface area is 176 Å². The molecule has 1 amide bonds. The van der Waals surface area contributed by atoms with E-state index in [9.17, 15) is 14.7 Å². The molecule has 1 aliphatic rings. The van der Waals surface area contributed by atoms with E-state index in [2.05, 4.69) is 5.32 Å². The van der Waals surface area contributed by atoms with Crippen molar-refractivity contribution in [1.29, 1.82) is 0 Å². The molecule has 30 heavy (non-hydrogen) atoms. The van der Waals surface area contributed by atoms with Crippen molar-refractivity contribution < 1.29 is 19.4 Å². The second kappa shape index (κ2) is 9.77. The summed E-state index contributed by atoms with van der Waals surface area (Å²) in [6.45, 7) is 3.65. The molecule has 162 valence electrons. The summed E-state index contributed by atoms with van der Waals surface area (Å²) >= 11 is 0. The van der Waals surface area contributed by atoms with Gasteiger partial charge in [0, 0.05) is 38.4 Å². The van der Waals surface area contributed by atoms with Gasteiger partial charge in [-0.25, -0.2) is 0 Å². The van der Waals surface area contributed by atoms with Crippen LogP contribution >= 0.6 is 0 Å². The highest BCUT2D eigenvalue weighted by atomic mass is 16.5. The van der Waals surface area contributed by atoms with E-state index in [1.165, 1.54) is 0 Å². The summed E-state index contributed by atoms with van der Waals surface area (Å²) in [6.07, 6.45) is 2.33. The van der Waals surface area contributed by atoms with Crippen LogP contribution in [0.1, 0.15) is 21.5 Å². The molecule has 0 bridgehead atoms. The molecule has 0 radical (unpaired) electrons. The van der Waals surface area contributed by atoms with Crippen molar-refractivity contribution in [3.8, 4) is 11.5 Å². The SMILES string of the molecule is COc1ccc(CCn2ccc(C)c(C(=O)N3CCNC(CO)C3)c2=O)cc1OC. The highest BCUT2D eigenvalue weighted by Gasteiger charge is 2.26. The molecule has 1 saturated heterocycles. The van der Waals surface area contributed by atoms with Gasteiger partial charge >= 0.3 is 0 Å². The van der Waals surface area contributed by atoms with Gasteiger partial charge in [-0.15, -0.1) is 0 Å². The number of benzene rings is 1. The van der Waals surface area contributed by atoms with Crippen LogP contribution in [0.5, 0.6) is 11.5 Å². The lowest BCUT2D eigenvalue weighted by Crippen LogP contribution is -2.54. The smallest absolute Gasteiger partial charge is 0.263 e. The van der Waals surface area contributed by atoms with E-state index in [0.29, 0.717) is 49.7 Å². The molecule has 1 atom stereocenters. The molecule has 2 N–H and O–H groups in total. The Balaban J connectivity index is 1.79. The molecule has 1 fully saturated rings. The van der Waals surface area contributed by atoms with Crippen LogP contribution in [0, 0.1) is 6.92 Å². The molecule has 1 unspecified atom stereocenters.